The second-order valence-electron chi connectivity index (χ2n) is 4.66. The van der Waals surface area contributed by atoms with Crippen molar-refractivity contribution in [3.8, 4) is 0 Å². The zero-order chi connectivity index (χ0) is 14.4. The number of carbonyl (C=O) groups excluding carboxylic acids is 1. The third-order valence-corrected chi connectivity index (χ3v) is 3.30. The number of carbonyl (C=O) groups is 1. The van der Waals surface area contributed by atoms with E-state index in [-0.39, 0.29) is 16.8 Å². The Morgan fingerprint density at radius 2 is 2.26 bits per heavy atom. The summed E-state index contributed by atoms with van der Waals surface area (Å²) >= 11 is 4.87. The molecule has 0 aliphatic rings. The van der Waals surface area contributed by atoms with E-state index < -0.39 is 0 Å². The van der Waals surface area contributed by atoms with Crippen molar-refractivity contribution in [2.75, 3.05) is 6.54 Å². The number of nitrogens with zero attached hydrogens (tertiary/aromatic N) is 2. The lowest BCUT2D eigenvalue weighted by Crippen LogP contribution is -2.38. The van der Waals surface area contributed by atoms with Gasteiger partial charge < -0.3 is 11.1 Å². The molecule has 0 radical (unpaired) electrons. The summed E-state index contributed by atoms with van der Waals surface area (Å²) in [5, 5.41) is 7.23. The quantitative estimate of drug-likeness (QED) is 0.584. The van der Waals surface area contributed by atoms with Crippen LogP contribution in [0, 0.1) is 19.8 Å². The molecule has 0 saturated heterocycles. The smallest absolute Gasteiger partial charge is 0.229 e. The van der Waals surface area contributed by atoms with Crippen molar-refractivity contribution >= 4 is 23.1 Å². The lowest BCUT2D eigenvalue weighted by atomic mass is 10.1. The Bertz CT molecular complexity index is 455. The van der Waals surface area contributed by atoms with Crippen molar-refractivity contribution in [2.24, 2.45) is 11.7 Å². The lowest BCUT2D eigenvalue weighted by Gasteiger charge is -2.13. The Kier molecular flexibility index (Phi) is 5.95. The Morgan fingerprint density at radius 3 is 2.74 bits per heavy atom. The van der Waals surface area contributed by atoms with Gasteiger partial charge in [0.05, 0.1) is 16.6 Å². The van der Waals surface area contributed by atoms with E-state index in [1.165, 1.54) is 0 Å². The topological polar surface area (TPSA) is 72.9 Å². The van der Waals surface area contributed by atoms with Crippen LogP contribution in [0.4, 0.5) is 0 Å². The maximum absolute atomic E-state index is 11.8. The highest BCUT2D eigenvalue weighted by molar-refractivity contribution is 7.80. The van der Waals surface area contributed by atoms with E-state index in [1.807, 2.05) is 31.5 Å². The molecular weight excluding hydrogens is 260 g/mol. The zero-order valence-corrected chi connectivity index (χ0v) is 12.6. The number of thiocarbonyl (C=S) groups is 1. The highest BCUT2D eigenvalue weighted by Crippen LogP contribution is 2.04. The molecule has 0 spiro atoms. The molecule has 0 fully saturated rings. The number of hydrogen-bond acceptors (Lipinski definition) is 3. The van der Waals surface area contributed by atoms with Crippen LogP contribution in [0.2, 0.25) is 0 Å². The number of amides is 1. The van der Waals surface area contributed by atoms with Crippen LogP contribution < -0.4 is 11.1 Å². The van der Waals surface area contributed by atoms with Gasteiger partial charge >= 0.3 is 0 Å². The molecule has 0 saturated carbocycles. The van der Waals surface area contributed by atoms with Gasteiger partial charge in [0.15, 0.2) is 0 Å². The maximum atomic E-state index is 11.8. The first kappa shape index (κ1) is 15.6. The standard InChI is InChI=1S/C13H22N4OS/c1-4-11(12(14)19)13(18)15-6-5-7-17-10(3)8-9(2)16-17/h8,11H,4-7H2,1-3H3,(H2,14,19)(H,15,18). The van der Waals surface area contributed by atoms with Crippen LogP contribution in [0.3, 0.4) is 0 Å². The molecule has 1 atom stereocenters. The molecule has 0 aliphatic heterocycles. The van der Waals surface area contributed by atoms with Crippen molar-refractivity contribution in [1.29, 1.82) is 0 Å². The maximum Gasteiger partial charge on any atom is 0.229 e. The van der Waals surface area contributed by atoms with Gasteiger partial charge in [-0.25, -0.2) is 0 Å². The summed E-state index contributed by atoms with van der Waals surface area (Å²) in [6, 6.07) is 2.04. The van der Waals surface area contributed by atoms with Gasteiger partial charge in [-0.05, 0) is 32.8 Å². The second kappa shape index (κ2) is 7.23. The van der Waals surface area contributed by atoms with Crippen LogP contribution in [-0.2, 0) is 11.3 Å². The van der Waals surface area contributed by atoms with E-state index in [4.69, 9.17) is 18.0 Å². The first-order valence-electron chi connectivity index (χ1n) is 6.53. The number of nitrogens with two attached hydrogens (primary N) is 1. The van der Waals surface area contributed by atoms with Gasteiger partial charge in [-0.2, -0.15) is 5.10 Å². The summed E-state index contributed by atoms with van der Waals surface area (Å²) in [6.07, 6.45) is 1.47. The molecule has 1 amide bonds. The van der Waals surface area contributed by atoms with Crippen LogP contribution in [0.15, 0.2) is 6.07 Å². The molecule has 0 bridgehead atoms. The largest absolute Gasteiger partial charge is 0.393 e. The normalized spacial score (nSPS) is 12.2. The Labute approximate surface area is 119 Å². The Hall–Kier alpha value is -1.43. The molecule has 1 unspecified atom stereocenters. The molecule has 1 heterocycles. The third-order valence-electron chi connectivity index (χ3n) is 3.02. The highest BCUT2D eigenvalue weighted by atomic mass is 32.1. The van der Waals surface area contributed by atoms with Gasteiger partial charge in [-0.15, -0.1) is 0 Å². The molecule has 1 aromatic heterocycles. The summed E-state index contributed by atoms with van der Waals surface area (Å²) in [4.78, 5) is 12.1. The van der Waals surface area contributed by atoms with Crippen LogP contribution in [0.1, 0.15) is 31.2 Å². The number of aryl methyl sites for hydroxylation is 3. The zero-order valence-electron chi connectivity index (χ0n) is 11.8. The van der Waals surface area contributed by atoms with Crippen LogP contribution in [0.5, 0.6) is 0 Å². The van der Waals surface area contributed by atoms with Crippen LogP contribution in [-0.4, -0.2) is 27.2 Å². The fourth-order valence-electron chi connectivity index (χ4n) is 1.98. The Morgan fingerprint density at radius 1 is 1.58 bits per heavy atom. The number of hydrogen-bond donors (Lipinski definition) is 2. The first-order valence-corrected chi connectivity index (χ1v) is 6.94. The first-order chi connectivity index (χ1) is 8.95. The summed E-state index contributed by atoms with van der Waals surface area (Å²) in [6.45, 7) is 7.30. The summed E-state index contributed by atoms with van der Waals surface area (Å²) in [5.41, 5.74) is 7.67. The minimum Gasteiger partial charge on any atom is -0.393 e. The van der Waals surface area contributed by atoms with Crippen LogP contribution >= 0.6 is 12.2 Å². The fraction of sp³-hybridized carbons (Fsp3) is 0.615. The molecule has 5 nitrogen and oxygen atoms in total. The molecule has 19 heavy (non-hydrogen) atoms. The average molecular weight is 282 g/mol. The molecule has 0 aromatic carbocycles. The van der Waals surface area contributed by atoms with E-state index in [0.29, 0.717) is 13.0 Å². The summed E-state index contributed by atoms with van der Waals surface area (Å²) in [7, 11) is 0. The molecule has 6 heteroatoms. The second-order valence-corrected chi connectivity index (χ2v) is 5.13. The number of aromatic nitrogens is 2. The SMILES string of the molecule is CCC(C(=O)NCCCn1nc(C)cc1C)C(N)=S. The van der Waals surface area contributed by atoms with Crippen molar-refractivity contribution in [1.82, 2.24) is 15.1 Å². The van der Waals surface area contributed by atoms with E-state index >= 15 is 0 Å². The summed E-state index contributed by atoms with van der Waals surface area (Å²) in [5.74, 6) is -0.438. The molecule has 1 rings (SSSR count). The van der Waals surface area contributed by atoms with Gasteiger partial charge in [-0.3, -0.25) is 9.48 Å². The van der Waals surface area contributed by atoms with E-state index in [9.17, 15) is 4.79 Å². The van der Waals surface area contributed by atoms with E-state index in [2.05, 4.69) is 10.4 Å². The highest BCUT2D eigenvalue weighted by Gasteiger charge is 2.18. The van der Waals surface area contributed by atoms with Crippen molar-refractivity contribution in [3.63, 3.8) is 0 Å². The number of rotatable bonds is 7. The molecular formula is C13H22N4OS. The van der Waals surface area contributed by atoms with Crippen LogP contribution in [0.25, 0.3) is 0 Å². The number of nitrogens with one attached hydrogen (secondary N) is 1. The predicted molar refractivity (Wildman–Crippen MR) is 79.9 cm³/mol. The molecule has 3 N–H and O–H groups in total. The van der Waals surface area contributed by atoms with Crippen molar-refractivity contribution in [2.45, 2.75) is 40.2 Å². The summed E-state index contributed by atoms with van der Waals surface area (Å²) < 4.78 is 1.95. The fourth-order valence-corrected chi connectivity index (χ4v) is 2.25. The average Bonchev–Trinajstić information content (AvgIpc) is 2.64. The molecule has 0 aliphatic carbocycles. The van der Waals surface area contributed by atoms with Crippen molar-refractivity contribution in [3.05, 3.63) is 17.5 Å². The predicted octanol–water partition coefficient (Wildman–Crippen LogP) is 1.32. The lowest BCUT2D eigenvalue weighted by molar-refractivity contribution is -0.123. The molecule has 1 aromatic rings. The van der Waals surface area contributed by atoms with Gasteiger partial charge in [0.1, 0.15) is 0 Å². The van der Waals surface area contributed by atoms with E-state index in [0.717, 1.165) is 24.4 Å². The van der Waals surface area contributed by atoms with Gasteiger partial charge in [0, 0.05) is 18.8 Å². The third kappa shape index (κ3) is 4.63. The van der Waals surface area contributed by atoms with Gasteiger partial charge in [0.2, 0.25) is 5.91 Å². The van der Waals surface area contributed by atoms with E-state index in [1.54, 1.807) is 0 Å². The minimum atomic E-state index is -0.358. The van der Waals surface area contributed by atoms with Crippen molar-refractivity contribution < 1.29 is 4.79 Å². The minimum absolute atomic E-state index is 0.0802. The Balaban J connectivity index is 2.33. The monoisotopic (exact) mass is 282 g/mol. The van der Waals surface area contributed by atoms with Gasteiger partial charge in [0.25, 0.3) is 0 Å². The van der Waals surface area contributed by atoms with Gasteiger partial charge in [-0.1, -0.05) is 19.1 Å². The molecule has 106 valence electrons.